The maximum Gasteiger partial charge on any atom is 0 e. The smallest absolute Gasteiger partial charge is 0 e. The molecule has 0 N–H and O–H groups in total. The van der Waals surface area contributed by atoms with Crippen LogP contribution in [-0.2, 0) is 67.4 Å². The number of hydrogen-bond acceptors (Lipinski definition) is 0. The summed E-state index contributed by atoms with van der Waals surface area (Å²) in [6, 6.07) is 0. The number of hydrogen-bond donors (Lipinski definition) is 0. The SMILES string of the molecule is [Ca].[Co].[Fe].[Mn].[Ni]. The van der Waals surface area contributed by atoms with Gasteiger partial charge in [-0.3, -0.25) is 0 Å². The van der Waals surface area contributed by atoms with Crippen LogP contribution in [0, 0.1) is 0 Å². The largest absolute Gasteiger partial charge is 0 e. The van der Waals surface area contributed by atoms with E-state index in [4.69, 9.17) is 0 Å². The minimum absolute atomic E-state index is 0. The molecule has 0 bridgehead atoms. The summed E-state index contributed by atoms with van der Waals surface area (Å²) in [5.74, 6) is 0. The molecule has 0 unspecified atom stereocenters. The van der Waals surface area contributed by atoms with Gasteiger partial charge in [0.1, 0.15) is 0 Å². The summed E-state index contributed by atoms with van der Waals surface area (Å²) in [7, 11) is 0. The van der Waals surface area contributed by atoms with Crippen molar-refractivity contribution in [3.63, 3.8) is 0 Å². The summed E-state index contributed by atoms with van der Waals surface area (Å²) in [6.45, 7) is 0. The molecule has 0 amide bonds. The van der Waals surface area contributed by atoms with Crippen molar-refractivity contribution in [2.75, 3.05) is 0 Å². The van der Waals surface area contributed by atoms with Gasteiger partial charge in [0.25, 0.3) is 0 Å². The Morgan fingerprint density at radius 3 is 1.00 bits per heavy atom. The van der Waals surface area contributed by atoms with Crippen molar-refractivity contribution >= 4 is 37.7 Å². The first-order valence-electron chi connectivity index (χ1n) is 0. The van der Waals surface area contributed by atoms with E-state index in [0.29, 0.717) is 0 Å². The van der Waals surface area contributed by atoms with Crippen molar-refractivity contribution in [3.05, 3.63) is 0 Å². The fraction of sp³-hybridized carbons (Fsp3) is 0. The Morgan fingerprint density at radius 2 is 1.00 bits per heavy atom. The zero-order chi connectivity index (χ0) is 0. The van der Waals surface area contributed by atoms with Gasteiger partial charge in [-0.2, -0.15) is 0 Å². The van der Waals surface area contributed by atoms with Crippen LogP contribution in [0.2, 0.25) is 0 Å². The monoisotopic (exact) mass is 268 g/mol. The van der Waals surface area contributed by atoms with Crippen LogP contribution in [0.15, 0.2) is 0 Å². The minimum atomic E-state index is 0. The molecule has 5 heavy (non-hydrogen) atoms. The average Bonchev–Trinajstić information content (AvgIpc) is 0. The molecule has 0 saturated carbocycles. The fourth-order valence-electron chi connectivity index (χ4n) is 0. The van der Waals surface area contributed by atoms with E-state index in [0.717, 1.165) is 0 Å². The van der Waals surface area contributed by atoms with Crippen molar-refractivity contribution < 1.29 is 67.4 Å². The van der Waals surface area contributed by atoms with E-state index >= 15 is 0 Å². The standard InChI is InChI=1S/Ca.Co.Fe.Mn.Ni. The first-order valence-corrected chi connectivity index (χ1v) is 0. The Morgan fingerprint density at radius 1 is 1.00 bits per heavy atom. The Bertz CT molecular complexity index is 11.6. The van der Waals surface area contributed by atoms with Gasteiger partial charge in [0, 0.05) is 105 Å². The molecule has 0 aromatic rings. The summed E-state index contributed by atoms with van der Waals surface area (Å²) >= 11 is 0. The molecular formula is CaCoFeMnNi. The summed E-state index contributed by atoms with van der Waals surface area (Å²) in [5, 5.41) is 0. The van der Waals surface area contributed by atoms with Crippen molar-refractivity contribution in [2.24, 2.45) is 0 Å². The molecule has 0 nitrogen and oxygen atoms in total. The zero-order valence-corrected chi connectivity index (χ0v) is 8.61. The molecule has 5 heteroatoms. The van der Waals surface area contributed by atoms with E-state index in [1.54, 1.807) is 0 Å². The van der Waals surface area contributed by atoms with Crippen LogP contribution in [0.5, 0.6) is 0 Å². The second kappa shape index (κ2) is 26.6. The predicted molar refractivity (Wildman–Crippen MR) is 5.75 cm³/mol. The van der Waals surface area contributed by atoms with Crippen LogP contribution in [0.4, 0.5) is 0 Å². The van der Waals surface area contributed by atoms with Gasteiger partial charge in [-0.25, -0.2) is 0 Å². The molecule has 36 valence electrons. The maximum absolute atomic E-state index is 0. The topological polar surface area (TPSA) is 0 Å². The van der Waals surface area contributed by atoms with E-state index in [-0.39, 0.29) is 105 Å². The first kappa shape index (κ1) is 40.6. The van der Waals surface area contributed by atoms with Gasteiger partial charge < -0.3 is 0 Å². The van der Waals surface area contributed by atoms with Crippen LogP contribution >= 0.6 is 0 Å². The number of rotatable bonds is 0. The molecule has 0 aliphatic rings. The normalized spacial score (nSPS) is 0. The fourth-order valence-corrected chi connectivity index (χ4v) is 0. The molecule has 0 aliphatic heterocycles. The molecule has 0 fully saturated rings. The Balaban J connectivity index is 0. The van der Waals surface area contributed by atoms with E-state index in [1.807, 2.05) is 0 Å². The third-order valence-corrected chi connectivity index (χ3v) is 0. The van der Waals surface area contributed by atoms with Crippen molar-refractivity contribution in [2.45, 2.75) is 0 Å². The molecule has 0 aromatic carbocycles. The Kier molecular flexibility index (Phi) is 216. The third kappa shape index (κ3) is 18.8. The maximum atomic E-state index is 0. The molecular weight excluding hydrogens is 268 g/mol. The van der Waals surface area contributed by atoms with E-state index in [1.165, 1.54) is 0 Å². The molecule has 0 aromatic heterocycles. The van der Waals surface area contributed by atoms with Gasteiger partial charge in [-0.15, -0.1) is 0 Å². The van der Waals surface area contributed by atoms with Crippen LogP contribution in [0.3, 0.4) is 0 Å². The van der Waals surface area contributed by atoms with E-state index in [9.17, 15) is 0 Å². The van der Waals surface area contributed by atoms with Crippen LogP contribution in [0.1, 0.15) is 0 Å². The molecule has 0 atom stereocenters. The average molecular weight is 268 g/mol. The second-order valence-electron chi connectivity index (χ2n) is 0. The van der Waals surface area contributed by atoms with Crippen molar-refractivity contribution in [1.29, 1.82) is 0 Å². The molecule has 0 rings (SSSR count). The van der Waals surface area contributed by atoms with Gasteiger partial charge in [0.05, 0.1) is 0 Å². The van der Waals surface area contributed by atoms with Crippen molar-refractivity contribution in [1.82, 2.24) is 0 Å². The third-order valence-electron chi connectivity index (χ3n) is 0. The van der Waals surface area contributed by atoms with Gasteiger partial charge in [-0.05, 0) is 0 Å². The quantitative estimate of drug-likeness (QED) is 0.525. The zero-order valence-electron chi connectivity index (χ0n) is 2.09. The summed E-state index contributed by atoms with van der Waals surface area (Å²) in [6.07, 6.45) is 0. The molecule has 0 heterocycles. The second-order valence-corrected chi connectivity index (χ2v) is 0. The van der Waals surface area contributed by atoms with Crippen molar-refractivity contribution in [3.8, 4) is 0 Å². The summed E-state index contributed by atoms with van der Waals surface area (Å²) in [5.41, 5.74) is 0. The minimum Gasteiger partial charge on any atom is 0 e. The van der Waals surface area contributed by atoms with Gasteiger partial charge in [0.15, 0.2) is 0 Å². The molecule has 0 saturated heterocycles. The summed E-state index contributed by atoms with van der Waals surface area (Å²) < 4.78 is 0. The molecule has 0 aliphatic carbocycles. The van der Waals surface area contributed by atoms with Crippen LogP contribution in [-0.4, -0.2) is 37.7 Å². The Hall–Kier alpha value is 3.30. The van der Waals surface area contributed by atoms with Crippen LogP contribution < -0.4 is 0 Å². The first-order chi connectivity index (χ1) is 0. The van der Waals surface area contributed by atoms with Crippen LogP contribution in [0.25, 0.3) is 0 Å². The van der Waals surface area contributed by atoms with E-state index < -0.39 is 0 Å². The Labute approximate surface area is 103 Å². The van der Waals surface area contributed by atoms with Gasteiger partial charge >= 0.3 is 0 Å². The molecule has 0 spiro atoms. The van der Waals surface area contributed by atoms with Gasteiger partial charge in [0.2, 0.25) is 0 Å². The van der Waals surface area contributed by atoms with E-state index in [2.05, 4.69) is 0 Å². The summed E-state index contributed by atoms with van der Waals surface area (Å²) in [4.78, 5) is 0. The predicted octanol–water partition coefficient (Wildman–Crippen LogP) is -0.391. The molecule has 4 radical (unpaired) electrons. The van der Waals surface area contributed by atoms with Gasteiger partial charge in [-0.1, -0.05) is 0 Å².